The van der Waals surface area contributed by atoms with Crippen LogP contribution in [-0.2, 0) is 9.53 Å². The van der Waals surface area contributed by atoms with Crippen molar-refractivity contribution in [1.29, 1.82) is 0 Å². The molecule has 7 heteroatoms. The first-order valence-corrected chi connectivity index (χ1v) is 10.6. The van der Waals surface area contributed by atoms with Crippen LogP contribution in [0.15, 0.2) is 29.3 Å². The quantitative estimate of drug-likeness (QED) is 0.464. The van der Waals surface area contributed by atoms with Crippen LogP contribution >= 0.6 is 11.3 Å². The van der Waals surface area contributed by atoms with Crippen LogP contribution in [0.25, 0.3) is 5.00 Å². The van der Waals surface area contributed by atoms with Gasteiger partial charge in [-0.3, -0.25) is 9.56 Å². The standard InChI is InChI=1S/C23H22N4O2S/c1-6-29-19(28)12-9-17-7-10-18(11-8-17)21-20-13(2)15(4)30-23(20)27-16(5)25-26-22(27)14(3)24-21/h7-8,10-11,14H,6H2,1-5H3/t14-/m0/s1. The molecule has 1 atom stereocenters. The second-order valence-electron chi connectivity index (χ2n) is 7.11. The predicted octanol–water partition coefficient (Wildman–Crippen LogP) is 4.08. The molecule has 4 rings (SSSR count). The van der Waals surface area contributed by atoms with Crippen LogP contribution in [0, 0.1) is 32.6 Å². The first-order chi connectivity index (χ1) is 14.4. The van der Waals surface area contributed by atoms with Crippen LogP contribution in [0.3, 0.4) is 0 Å². The number of thiophene rings is 1. The molecule has 0 spiro atoms. The van der Waals surface area contributed by atoms with Crippen molar-refractivity contribution in [2.75, 3.05) is 6.61 Å². The van der Waals surface area contributed by atoms with E-state index < -0.39 is 5.97 Å². The Morgan fingerprint density at radius 1 is 1.20 bits per heavy atom. The van der Waals surface area contributed by atoms with Gasteiger partial charge in [0, 0.05) is 27.5 Å². The highest BCUT2D eigenvalue weighted by molar-refractivity contribution is 7.15. The van der Waals surface area contributed by atoms with Gasteiger partial charge in [-0.05, 0) is 52.3 Å². The summed E-state index contributed by atoms with van der Waals surface area (Å²) in [4.78, 5) is 17.7. The van der Waals surface area contributed by atoms with Gasteiger partial charge in [-0.1, -0.05) is 18.1 Å². The number of nitrogens with zero attached hydrogens (tertiary/aromatic N) is 4. The fourth-order valence-electron chi connectivity index (χ4n) is 3.48. The Labute approximate surface area is 179 Å². The van der Waals surface area contributed by atoms with Crippen LogP contribution in [-0.4, -0.2) is 33.1 Å². The second-order valence-corrected chi connectivity index (χ2v) is 8.31. The van der Waals surface area contributed by atoms with Gasteiger partial charge >= 0.3 is 5.97 Å². The fourth-order valence-corrected chi connectivity index (χ4v) is 4.70. The lowest BCUT2D eigenvalue weighted by Gasteiger charge is -2.09. The summed E-state index contributed by atoms with van der Waals surface area (Å²) in [5.74, 6) is 6.54. The molecule has 3 heterocycles. The first-order valence-electron chi connectivity index (χ1n) is 9.80. The Hall–Kier alpha value is -3.24. The largest absolute Gasteiger partial charge is 0.456 e. The van der Waals surface area contributed by atoms with E-state index in [0.29, 0.717) is 6.61 Å². The fraction of sp³-hybridized carbons (Fsp3) is 0.304. The van der Waals surface area contributed by atoms with E-state index in [1.165, 1.54) is 10.4 Å². The Bertz CT molecular complexity index is 1220. The maximum absolute atomic E-state index is 11.5. The summed E-state index contributed by atoms with van der Waals surface area (Å²) in [6, 6.07) is 7.67. The van der Waals surface area contributed by atoms with Crippen molar-refractivity contribution in [3.8, 4) is 16.8 Å². The van der Waals surface area contributed by atoms with Gasteiger partial charge in [0.2, 0.25) is 0 Å². The average molecular weight is 419 g/mol. The molecule has 3 aromatic rings. The summed E-state index contributed by atoms with van der Waals surface area (Å²) in [7, 11) is 0. The second kappa shape index (κ2) is 7.88. The number of fused-ring (bicyclic) bond motifs is 3. The highest BCUT2D eigenvalue weighted by atomic mass is 32.1. The molecule has 1 aliphatic heterocycles. The molecule has 0 radical (unpaired) electrons. The van der Waals surface area contributed by atoms with Gasteiger partial charge in [0.25, 0.3) is 0 Å². The summed E-state index contributed by atoms with van der Waals surface area (Å²) < 4.78 is 6.98. The Kier molecular flexibility index (Phi) is 5.27. The van der Waals surface area contributed by atoms with Gasteiger partial charge in [-0.15, -0.1) is 21.5 Å². The van der Waals surface area contributed by atoms with E-state index in [2.05, 4.69) is 40.5 Å². The molecular weight excluding hydrogens is 396 g/mol. The molecule has 1 aromatic carbocycles. The van der Waals surface area contributed by atoms with Gasteiger partial charge < -0.3 is 4.74 Å². The lowest BCUT2D eigenvalue weighted by Crippen LogP contribution is -2.07. The average Bonchev–Trinajstić information content (AvgIpc) is 3.21. The van der Waals surface area contributed by atoms with Crippen LogP contribution < -0.4 is 0 Å². The minimum atomic E-state index is -0.518. The molecule has 152 valence electrons. The van der Waals surface area contributed by atoms with Crippen LogP contribution in [0.5, 0.6) is 0 Å². The van der Waals surface area contributed by atoms with Gasteiger partial charge in [0.05, 0.1) is 12.3 Å². The molecule has 0 unspecified atom stereocenters. The van der Waals surface area contributed by atoms with E-state index in [9.17, 15) is 4.79 Å². The number of carbonyl (C=O) groups excluding carboxylic acids is 1. The third kappa shape index (κ3) is 3.44. The molecule has 0 bridgehead atoms. The molecule has 0 amide bonds. The number of rotatable bonds is 2. The van der Waals surface area contributed by atoms with Crippen LogP contribution in [0.2, 0.25) is 0 Å². The number of hydrogen-bond donors (Lipinski definition) is 0. The Morgan fingerprint density at radius 2 is 1.93 bits per heavy atom. The number of aliphatic imine (C=N–C) groups is 1. The molecule has 2 aromatic heterocycles. The normalized spacial score (nSPS) is 14.7. The summed E-state index contributed by atoms with van der Waals surface area (Å²) in [5, 5.41) is 9.77. The number of benzene rings is 1. The number of esters is 1. The van der Waals surface area contributed by atoms with Crippen molar-refractivity contribution < 1.29 is 9.53 Å². The molecule has 1 aliphatic rings. The lowest BCUT2D eigenvalue weighted by atomic mass is 9.99. The molecule has 0 aliphatic carbocycles. The third-order valence-electron chi connectivity index (χ3n) is 5.10. The van der Waals surface area contributed by atoms with Crippen molar-refractivity contribution in [2.45, 2.75) is 40.7 Å². The van der Waals surface area contributed by atoms with E-state index in [0.717, 1.165) is 39.1 Å². The van der Waals surface area contributed by atoms with Crippen molar-refractivity contribution in [2.24, 2.45) is 4.99 Å². The highest BCUT2D eigenvalue weighted by Crippen LogP contribution is 2.38. The monoisotopic (exact) mass is 418 g/mol. The molecule has 0 saturated carbocycles. The number of carbonyl (C=O) groups is 1. The molecule has 30 heavy (non-hydrogen) atoms. The van der Waals surface area contributed by atoms with E-state index >= 15 is 0 Å². The van der Waals surface area contributed by atoms with Crippen molar-refractivity contribution in [3.63, 3.8) is 0 Å². The molecule has 6 nitrogen and oxygen atoms in total. The zero-order chi connectivity index (χ0) is 21.4. The van der Waals surface area contributed by atoms with Gasteiger partial charge in [-0.2, -0.15) is 0 Å². The van der Waals surface area contributed by atoms with E-state index in [-0.39, 0.29) is 6.04 Å². The highest BCUT2D eigenvalue weighted by Gasteiger charge is 2.29. The summed E-state index contributed by atoms with van der Waals surface area (Å²) in [6.07, 6.45) is 0. The van der Waals surface area contributed by atoms with E-state index in [1.54, 1.807) is 18.3 Å². The number of aromatic nitrogens is 3. The third-order valence-corrected chi connectivity index (χ3v) is 6.29. The van der Waals surface area contributed by atoms with Gasteiger partial charge in [0.1, 0.15) is 16.9 Å². The van der Waals surface area contributed by atoms with Gasteiger partial charge in [-0.25, -0.2) is 4.79 Å². The number of ether oxygens (including phenoxy) is 1. The maximum atomic E-state index is 11.5. The Morgan fingerprint density at radius 3 is 2.63 bits per heavy atom. The SMILES string of the molecule is CCOC(=O)C#Cc1ccc(C2=N[C@@H](C)c3nnc(C)n3-c3sc(C)c(C)c32)cc1. The van der Waals surface area contributed by atoms with Crippen molar-refractivity contribution in [1.82, 2.24) is 14.8 Å². The van der Waals surface area contributed by atoms with E-state index in [1.807, 2.05) is 38.1 Å². The van der Waals surface area contributed by atoms with Crippen LogP contribution in [0.1, 0.15) is 58.7 Å². The van der Waals surface area contributed by atoms with Crippen molar-refractivity contribution in [3.05, 3.63) is 63.0 Å². The zero-order valence-electron chi connectivity index (χ0n) is 17.6. The molecule has 0 fully saturated rings. The smallest absolute Gasteiger partial charge is 0.384 e. The summed E-state index contributed by atoms with van der Waals surface area (Å²) >= 11 is 1.74. The molecule has 0 N–H and O–H groups in total. The van der Waals surface area contributed by atoms with Crippen molar-refractivity contribution >= 4 is 23.0 Å². The zero-order valence-corrected chi connectivity index (χ0v) is 18.4. The number of hydrogen-bond acceptors (Lipinski definition) is 6. The molecular formula is C23H22N4O2S. The van der Waals surface area contributed by atoms with Gasteiger partial charge in [0.15, 0.2) is 5.82 Å². The topological polar surface area (TPSA) is 69.4 Å². The first kappa shape index (κ1) is 20.0. The maximum Gasteiger partial charge on any atom is 0.384 e. The minimum absolute atomic E-state index is 0.121. The summed E-state index contributed by atoms with van der Waals surface area (Å²) in [6.45, 7) is 10.3. The molecule has 0 saturated heterocycles. The lowest BCUT2D eigenvalue weighted by molar-refractivity contribution is -0.136. The van der Waals surface area contributed by atoms with Crippen LogP contribution in [0.4, 0.5) is 0 Å². The summed E-state index contributed by atoms with van der Waals surface area (Å²) in [5.41, 5.74) is 5.03. The minimum Gasteiger partial charge on any atom is -0.456 e. The number of aryl methyl sites for hydroxylation is 2. The predicted molar refractivity (Wildman–Crippen MR) is 117 cm³/mol. The van der Waals surface area contributed by atoms with E-state index in [4.69, 9.17) is 9.73 Å². The Balaban J connectivity index is 1.79.